The van der Waals surface area contributed by atoms with Crippen LogP contribution in [0.25, 0.3) is 11.3 Å². The van der Waals surface area contributed by atoms with Crippen LogP contribution in [0.3, 0.4) is 0 Å². The van der Waals surface area contributed by atoms with Gasteiger partial charge in [0, 0.05) is 36.0 Å². The van der Waals surface area contributed by atoms with E-state index in [9.17, 15) is 0 Å². The van der Waals surface area contributed by atoms with E-state index in [-0.39, 0.29) is 0 Å². The van der Waals surface area contributed by atoms with Gasteiger partial charge in [0.15, 0.2) is 0 Å². The molecular weight excluding hydrogens is 372 g/mol. The van der Waals surface area contributed by atoms with Crippen molar-refractivity contribution in [1.29, 1.82) is 0 Å². The first kappa shape index (κ1) is 20.3. The summed E-state index contributed by atoms with van der Waals surface area (Å²) in [5.41, 5.74) is 4.10. The Labute approximate surface area is 179 Å². The lowest BCUT2D eigenvalue weighted by atomic mass is 9.96. The Kier molecular flexibility index (Phi) is 6.57. The average Bonchev–Trinajstić information content (AvgIpc) is 2.79. The molecule has 2 heterocycles. The number of aryl methyl sites for hydroxylation is 1. The molecule has 0 bridgehead atoms. The molecule has 1 aromatic carbocycles. The summed E-state index contributed by atoms with van der Waals surface area (Å²) in [7, 11) is 0. The number of pyridine rings is 1. The summed E-state index contributed by atoms with van der Waals surface area (Å²) in [6.07, 6.45) is 10.0. The summed E-state index contributed by atoms with van der Waals surface area (Å²) in [4.78, 5) is 13.1. The van der Waals surface area contributed by atoms with E-state index in [1.165, 1.54) is 37.7 Å². The van der Waals surface area contributed by atoms with Gasteiger partial charge in [-0.25, -0.2) is 9.97 Å². The normalized spacial score (nSPS) is 15.5. The van der Waals surface area contributed by atoms with Crippen LogP contribution in [0, 0.1) is 6.92 Å². The minimum absolute atomic E-state index is 0.296. The zero-order valence-corrected chi connectivity index (χ0v) is 17.8. The molecule has 1 unspecified atom stereocenters. The van der Waals surface area contributed by atoms with E-state index in [2.05, 4.69) is 51.5 Å². The average molecular weight is 403 g/mol. The zero-order valence-electron chi connectivity index (χ0n) is 17.8. The number of rotatable bonds is 7. The molecule has 1 saturated carbocycles. The fourth-order valence-electron chi connectivity index (χ4n) is 3.96. The van der Waals surface area contributed by atoms with Gasteiger partial charge in [-0.1, -0.05) is 31.5 Å². The first-order valence-corrected chi connectivity index (χ1v) is 10.9. The second-order valence-corrected chi connectivity index (χ2v) is 8.17. The molecule has 1 atom stereocenters. The van der Waals surface area contributed by atoms with Crippen molar-refractivity contribution in [2.24, 2.45) is 0 Å². The summed E-state index contributed by atoms with van der Waals surface area (Å²) in [6, 6.07) is 14.4. The van der Waals surface area contributed by atoms with Crippen molar-refractivity contribution >= 4 is 5.82 Å². The van der Waals surface area contributed by atoms with E-state index in [0.717, 1.165) is 35.1 Å². The van der Waals surface area contributed by atoms with E-state index in [1.807, 2.05) is 31.3 Å². The van der Waals surface area contributed by atoms with E-state index in [0.29, 0.717) is 12.0 Å². The van der Waals surface area contributed by atoms with E-state index < -0.39 is 0 Å². The quantitative estimate of drug-likeness (QED) is 0.543. The summed E-state index contributed by atoms with van der Waals surface area (Å²) in [6.45, 7) is 4.98. The van der Waals surface area contributed by atoms with Crippen LogP contribution in [-0.2, 0) is 0 Å². The van der Waals surface area contributed by atoms with Crippen LogP contribution < -0.4 is 10.1 Å². The Balaban J connectivity index is 1.42. The third kappa shape index (κ3) is 5.15. The molecule has 0 radical (unpaired) electrons. The Morgan fingerprint density at radius 3 is 2.67 bits per heavy atom. The molecule has 0 saturated heterocycles. The van der Waals surface area contributed by atoms with Gasteiger partial charge < -0.3 is 10.1 Å². The van der Waals surface area contributed by atoms with Gasteiger partial charge in [0.05, 0.1) is 11.8 Å². The van der Waals surface area contributed by atoms with Crippen LogP contribution in [0.4, 0.5) is 5.82 Å². The van der Waals surface area contributed by atoms with Gasteiger partial charge in [-0.2, -0.15) is 0 Å². The highest BCUT2D eigenvalue weighted by atomic mass is 16.5. The Bertz CT molecular complexity index is 951. The topological polar surface area (TPSA) is 59.9 Å². The maximum absolute atomic E-state index is 6.39. The standard InChI is InChI=1S/C25H30N4O/c1-18(22-10-6-7-11-24(22)30-21-8-4-3-5-9-21)15-27-25-14-23(28-17-29-25)20-13-12-19(2)26-16-20/h6-7,10-14,16-18,21H,3-5,8-9,15H2,1-2H3,(H,27,28,29). The number of hydrogen-bond donors (Lipinski definition) is 1. The second-order valence-electron chi connectivity index (χ2n) is 8.17. The Morgan fingerprint density at radius 1 is 1.03 bits per heavy atom. The predicted octanol–water partition coefficient (Wildman–Crippen LogP) is 5.77. The number of benzene rings is 1. The molecule has 5 nitrogen and oxygen atoms in total. The Morgan fingerprint density at radius 2 is 1.87 bits per heavy atom. The van der Waals surface area contributed by atoms with E-state index in [4.69, 9.17) is 4.74 Å². The highest BCUT2D eigenvalue weighted by Crippen LogP contribution is 2.30. The first-order valence-electron chi connectivity index (χ1n) is 10.9. The minimum Gasteiger partial charge on any atom is -0.490 e. The fraction of sp³-hybridized carbons (Fsp3) is 0.400. The number of para-hydroxylation sites is 1. The molecule has 3 aromatic rings. The van der Waals surface area contributed by atoms with Gasteiger partial charge in [0.2, 0.25) is 0 Å². The molecule has 4 rings (SSSR count). The number of anilines is 1. The molecule has 1 fully saturated rings. The third-order valence-electron chi connectivity index (χ3n) is 5.76. The van der Waals surface area contributed by atoms with Crippen LogP contribution >= 0.6 is 0 Å². The van der Waals surface area contributed by atoms with Crippen molar-refractivity contribution in [3.8, 4) is 17.0 Å². The summed E-state index contributed by atoms with van der Waals surface area (Å²) in [5.74, 6) is 2.13. The van der Waals surface area contributed by atoms with E-state index in [1.54, 1.807) is 6.33 Å². The number of hydrogen-bond acceptors (Lipinski definition) is 5. The molecule has 1 aliphatic rings. The van der Waals surface area contributed by atoms with Gasteiger partial charge in [0.1, 0.15) is 17.9 Å². The minimum atomic E-state index is 0.296. The molecule has 5 heteroatoms. The molecule has 30 heavy (non-hydrogen) atoms. The zero-order chi connectivity index (χ0) is 20.8. The summed E-state index contributed by atoms with van der Waals surface area (Å²) in [5, 5.41) is 3.47. The molecule has 0 spiro atoms. The van der Waals surface area contributed by atoms with Crippen LogP contribution in [0.15, 0.2) is 55.0 Å². The molecular formula is C25H30N4O. The van der Waals surface area contributed by atoms with Gasteiger partial charge in [-0.15, -0.1) is 0 Å². The predicted molar refractivity (Wildman–Crippen MR) is 121 cm³/mol. The maximum Gasteiger partial charge on any atom is 0.129 e. The van der Waals surface area contributed by atoms with Crippen molar-refractivity contribution < 1.29 is 4.74 Å². The highest BCUT2D eigenvalue weighted by Gasteiger charge is 2.18. The largest absolute Gasteiger partial charge is 0.490 e. The monoisotopic (exact) mass is 402 g/mol. The summed E-state index contributed by atoms with van der Waals surface area (Å²) < 4.78 is 6.39. The van der Waals surface area contributed by atoms with Crippen LogP contribution in [0.1, 0.15) is 56.2 Å². The summed E-state index contributed by atoms with van der Waals surface area (Å²) >= 11 is 0. The van der Waals surface area contributed by atoms with Crippen molar-refractivity contribution in [2.45, 2.75) is 58.0 Å². The van der Waals surface area contributed by atoms with E-state index >= 15 is 0 Å². The van der Waals surface area contributed by atoms with Gasteiger partial charge in [-0.3, -0.25) is 4.98 Å². The molecule has 0 amide bonds. The molecule has 0 aliphatic heterocycles. The van der Waals surface area contributed by atoms with Gasteiger partial charge in [0.25, 0.3) is 0 Å². The maximum atomic E-state index is 6.39. The lowest BCUT2D eigenvalue weighted by Crippen LogP contribution is -2.21. The highest BCUT2D eigenvalue weighted by molar-refractivity contribution is 5.61. The lowest BCUT2D eigenvalue weighted by molar-refractivity contribution is 0.153. The van der Waals surface area contributed by atoms with Crippen LogP contribution in [-0.4, -0.2) is 27.6 Å². The van der Waals surface area contributed by atoms with Crippen molar-refractivity contribution in [3.63, 3.8) is 0 Å². The first-order chi connectivity index (χ1) is 14.7. The molecule has 1 aliphatic carbocycles. The van der Waals surface area contributed by atoms with Crippen LogP contribution in [0.2, 0.25) is 0 Å². The van der Waals surface area contributed by atoms with Crippen molar-refractivity contribution in [3.05, 3.63) is 66.2 Å². The molecule has 1 N–H and O–H groups in total. The van der Waals surface area contributed by atoms with Gasteiger partial charge in [-0.05, 0) is 56.4 Å². The lowest BCUT2D eigenvalue weighted by Gasteiger charge is -2.25. The molecule has 156 valence electrons. The number of aromatic nitrogens is 3. The number of ether oxygens (including phenoxy) is 1. The van der Waals surface area contributed by atoms with Crippen LogP contribution in [0.5, 0.6) is 5.75 Å². The SMILES string of the molecule is Cc1ccc(-c2cc(NCC(C)c3ccccc3OC3CCCCC3)ncn2)cn1. The third-order valence-corrected chi connectivity index (χ3v) is 5.76. The Hall–Kier alpha value is -2.95. The number of nitrogens with one attached hydrogen (secondary N) is 1. The van der Waals surface area contributed by atoms with Crippen molar-refractivity contribution in [2.75, 3.05) is 11.9 Å². The molecule has 2 aromatic heterocycles. The van der Waals surface area contributed by atoms with Crippen molar-refractivity contribution in [1.82, 2.24) is 15.0 Å². The number of nitrogens with zero attached hydrogens (tertiary/aromatic N) is 3. The smallest absolute Gasteiger partial charge is 0.129 e. The second kappa shape index (κ2) is 9.70. The fourth-order valence-corrected chi connectivity index (χ4v) is 3.96. The van der Waals surface area contributed by atoms with Gasteiger partial charge >= 0.3 is 0 Å².